The summed E-state index contributed by atoms with van der Waals surface area (Å²) in [5.74, 6) is 0.914. The second-order valence-electron chi connectivity index (χ2n) is 7.08. The third-order valence-corrected chi connectivity index (χ3v) is 5.53. The molecule has 0 aliphatic heterocycles. The molecule has 98 valence electrons. The Hall–Kier alpha value is -0.890. The Balaban J connectivity index is 1.73. The van der Waals surface area contributed by atoms with E-state index in [-0.39, 0.29) is 0 Å². The van der Waals surface area contributed by atoms with Crippen molar-refractivity contribution in [2.75, 3.05) is 0 Å². The van der Waals surface area contributed by atoms with E-state index in [2.05, 4.69) is 43.2 Å². The SMILES string of the molecule is CC12CCC(C1)C(C)(C)C2NCc1ccncc1. The van der Waals surface area contributed by atoms with Crippen molar-refractivity contribution >= 4 is 0 Å². The quantitative estimate of drug-likeness (QED) is 0.881. The Kier molecular flexibility index (Phi) is 2.74. The lowest BCUT2D eigenvalue weighted by Crippen LogP contribution is -2.49. The van der Waals surface area contributed by atoms with E-state index in [1.165, 1.54) is 24.8 Å². The zero-order chi connectivity index (χ0) is 12.8. The molecule has 2 nitrogen and oxygen atoms in total. The summed E-state index contributed by atoms with van der Waals surface area (Å²) >= 11 is 0. The highest BCUT2D eigenvalue weighted by Crippen LogP contribution is 2.62. The minimum absolute atomic E-state index is 0.444. The highest BCUT2D eigenvalue weighted by atomic mass is 15.0. The Morgan fingerprint density at radius 1 is 1.28 bits per heavy atom. The molecule has 0 radical (unpaired) electrons. The first kappa shape index (κ1) is 12.2. The lowest BCUT2D eigenvalue weighted by Gasteiger charge is -2.43. The van der Waals surface area contributed by atoms with Gasteiger partial charge < -0.3 is 5.32 Å². The van der Waals surface area contributed by atoms with Crippen molar-refractivity contribution in [2.45, 2.75) is 52.6 Å². The number of hydrogen-bond acceptors (Lipinski definition) is 2. The molecule has 1 heterocycles. The van der Waals surface area contributed by atoms with Crippen molar-refractivity contribution in [2.24, 2.45) is 16.7 Å². The van der Waals surface area contributed by atoms with Crippen LogP contribution in [0, 0.1) is 16.7 Å². The van der Waals surface area contributed by atoms with E-state index < -0.39 is 0 Å². The predicted octanol–water partition coefficient (Wildman–Crippen LogP) is 3.39. The van der Waals surface area contributed by atoms with Crippen molar-refractivity contribution in [1.29, 1.82) is 0 Å². The van der Waals surface area contributed by atoms with Crippen LogP contribution in [0.4, 0.5) is 0 Å². The molecule has 0 saturated heterocycles. The van der Waals surface area contributed by atoms with E-state index in [1.807, 2.05) is 12.4 Å². The molecular formula is C16H24N2. The molecule has 1 aromatic heterocycles. The molecule has 2 heteroatoms. The van der Waals surface area contributed by atoms with E-state index >= 15 is 0 Å². The second kappa shape index (κ2) is 4.06. The van der Waals surface area contributed by atoms with Crippen molar-refractivity contribution < 1.29 is 0 Å². The maximum Gasteiger partial charge on any atom is 0.0271 e. The van der Waals surface area contributed by atoms with E-state index in [9.17, 15) is 0 Å². The number of nitrogens with zero attached hydrogens (tertiary/aromatic N) is 1. The Labute approximate surface area is 110 Å². The van der Waals surface area contributed by atoms with Gasteiger partial charge in [-0.3, -0.25) is 4.98 Å². The van der Waals surface area contributed by atoms with Crippen molar-refractivity contribution in [3.8, 4) is 0 Å². The summed E-state index contributed by atoms with van der Waals surface area (Å²) in [5, 5.41) is 3.83. The number of fused-ring (bicyclic) bond motifs is 2. The van der Waals surface area contributed by atoms with Crippen LogP contribution in [0.1, 0.15) is 45.6 Å². The topological polar surface area (TPSA) is 24.9 Å². The minimum Gasteiger partial charge on any atom is -0.309 e. The fourth-order valence-electron chi connectivity index (χ4n) is 4.53. The highest BCUT2D eigenvalue weighted by Gasteiger charge is 2.58. The zero-order valence-electron chi connectivity index (χ0n) is 11.7. The van der Waals surface area contributed by atoms with Gasteiger partial charge >= 0.3 is 0 Å². The lowest BCUT2D eigenvalue weighted by molar-refractivity contribution is 0.108. The van der Waals surface area contributed by atoms with E-state index in [1.54, 1.807) is 0 Å². The van der Waals surface area contributed by atoms with Gasteiger partial charge in [-0.05, 0) is 53.7 Å². The Morgan fingerprint density at radius 3 is 2.61 bits per heavy atom. The standard InChI is InChI=1S/C16H24N2/c1-15(2)13-4-7-16(3,10-13)14(15)18-11-12-5-8-17-9-6-12/h5-6,8-9,13-14,18H,4,7,10-11H2,1-3H3. The number of hydrogen-bond donors (Lipinski definition) is 1. The molecule has 3 rings (SSSR count). The van der Waals surface area contributed by atoms with Crippen LogP contribution in [0.5, 0.6) is 0 Å². The van der Waals surface area contributed by atoms with Crippen LogP contribution in [-0.4, -0.2) is 11.0 Å². The Bertz CT molecular complexity index is 421. The molecule has 2 aliphatic rings. The van der Waals surface area contributed by atoms with Crippen LogP contribution < -0.4 is 5.32 Å². The van der Waals surface area contributed by atoms with Crippen LogP contribution in [0.2, 0.25) is 0 Å². The Morgan fingerprint density at radius 2 is 2.00 bits per heavy atom. The van der Waals surface area contributed by atoms with Gasteiger partial charge in [-0.25, -0.2) is 0 Å². The fraction of sp³-hybridized carbons (Fsp3) is 0.688. The molecule has 2 fully saturated rings. The molecule has 0 aromatic carbocycles. The predicted molar refractivity (Wildman–Crippen MR) is 74.1 cm³/mol. The van der Waals surface area contributed by atoms with Crippen molar-refractivity contribution in [1.82, 2.24) is 10.3 Å². The molecule has 1 N–H and O–H groups in total. The molecule has 3 atom stereocenters. The maximum absolute atomic E-state index is 4.08. The van der Waals surface area contributed by atoms with Gasteiger partial charge in [0.25, 0.3) is 0 Å². The average Bonchev–Trinajstić information content (AvgIpc) is 2.81. The summed E-state index contributed by atoms with van der Waals surface area (Å²) in [4.78, 5) is 4.08. The van der Waals surface area contributed by atoms with Gasteiger partial charge in [0.15, 0.2) is 0 Å². The summed E-state index contributed by atoms with van der Waals surface area (Å²) in [6.45, 7) is 8.35. The third kappa shape index (κ3) is 1.78. The smallest absolute Gasteiger partial charge is 0.0271 e. The molecular weight excluding hydrogens is 220 g/mol. The van der Waals surface area contributed by atoms with Gasteiger partial charge in [0.05, 0.1) is 0 Å². The van der Waals surface area contributed by atoms with Gasteiger partial charge in [0, 0.05) is 25.0 Å². The minimum atomic E-state index is 0.444. The number of nitrogens with one attached hydrogen (secondary N) is 1. The summed E-state index contributed by atoms with van der Waals surface area (Å²) < 4.78 is 0. The highest BCUT2D eigenvalue weighted by molar-refractivity contribution is 5.14. The number of pyridine rings is 1. The largest absolute Gasteiger partial charge is 0.309 e. The first-order chi connectivity index (χ1) is 8.52. The lowest BCUT2D eigenvalue weighted by atomic mass is 9.68. The molecule has 0 amide bonds. The summed E-state index contributed by atoms with van der Waals surface area (Å²) in [6.07, 6.45) is 8.00. The summed E-state index contributed by atoms with van der Waals surface area (Å²) in [7, 11) is 0. The molecule has 1 aromatic rings. The van der Waals surface area contributed by atoms with E-state index in [4.69, 9.17) is 0 Å². The second-order valence-corrected chi connectivity index (χ2v) is 7.08. The number of aromatic nitrogens is 1. The summed E-state index contributed by atoms with van der Waals surface area (Å²) in [6, 6.07) is 4.86. The molecule has 2 aliphatic carbocycles. The fourth-order valence-corrected chi connectivity index (χ4v) is 4.53. The van der Waals surface area contributed by atoms with Gasteiger partial charge in [-0.2, -0.15) is 0 Å². The first-order valence-corrected chi connectivity index (χ1v) is 7.15. The van der Waals surface area contributed by atoms with Crippen LogP contribution >= 0.6 is 0 Å². The van der Waals surface area contributed by atoms with Crippen molar-refractivity contribution in [3.63, 3.8) is 0 Å². The molecule has 0 spiro atoms. The van der Waals surface area contributed by atoms with Gasteiger partial charge in [0.2, 0.25) is 0 Å². The monoisotopic (exact) mass is 244 g/mol. The number of rotatable bonds is 3. The van der Waals surface area contributed by atoms with Gasteiger partial charge in [-0.1, -0.05) is 20.8 Å². The first-order valence-electron chi connectivity index (χ1n) is 7.15. The van der Waals surface area contributed by atoms with Crippen LogP contribution in [0.15, 0.2) is 24.5 Å². The van der Waals surface area contributed by atoms with Gasteiger partial charge in [0.1, 0.15) is 0 Å². The van der Waals surface area contributed by atoms with E-state index in [0.717, 1.165) is 12.5 Å². The maximum atomic E-state index is 4.08. The van der Waals surface area contributed by atoms with Gasteiger partial charge in [-0.15, -0.1) is 0 Å². The molecule has 2 bridgehead atoms. The van der Waals surface area contributed by atoms with Crippen LogP contribution in [-0.2, 0) is 6.54 Å². The van der Waals surface area contributed by atoms with E-state index in [0.29, 0.717) is 16.9 Å². The zero-order valence-corrected chi connectivity index (χ0v) is 11.7. The molecule has 2 saturated carbocycles. The summed E-state index contributed by atoms with van der Waals surface area (Å²) in [5.41, 5.74) is 2.30. The third-order valence-electron chi connectivity index (χ3n) is 5.53. The van der Waals surface area contributed by atoms with Crippen LogP contribution in [0.25, 0.3) is 0 Å². The average molecular weight is 244 g/mol. The van der Waals surface area contributed by atoms with Crippen LogP contribution in [0.3, 0.4) is 0 Å². The van der Waals surface area contributed by atoms with Crippen molar-refractivity contribution in [3.05, 3.63) is 30.1 Å². The molecule has 18 heavy (non-hydrogen) atoms. The molecule has 3 unspecified atom stereocenters. The normalized spacial score (nSPS) is 37.1.